The minimum atomic E-state index is -1.24. The maximum atomic E-state index is 12.8. The normalized spacial score (nSPS) is 20.4. The van der Waals surface area contributed by atoms with Crippen LogP contribution in [0.25, 0.3) is 0 Å². The molecule has 2 aliphatic heterocycles. The second-order valence-corrected chi connectivity index (χ2v) is 8.62. The molecule has 0 aromatic carbocycles. The van der Waals surface area contributed by atoms with E-state index in [1.165, 1.54) is 31.4 Å². The fourth-order valence-electron chi connectivity index (χ4n) is 3.07. The highest BCUT2D eigenvalue weighted by molar-refractivity contribution is 8.00. The number of anilines is 1. The number of nitrogens with zero attached hydrogens (tertiary/aromatic N) is 3. The predicted molar refractivity (Wildman–Crippen MR) is 117 cm³/mol. The molecule has 0 saturated carbocycles. The summed E-state index contributed by atoms with van der Waals surface area (Å²) in [5, 5.41) is 19.4. The molecule has 1 unspecified atom stereocenters. The summed E-state index contributed by atoms with van der Waals surface area (Å²) in [6, 6.07) is -0.956. The van der Waals surface area contributed by atoms with Gasteiger partial charge in [0.1, 0.15) is 35.8 Å². The quantitative estimate of drug-likeness (QED) is 0.183. The molecule has 0 aliphatic carbocycles. The monoisotopic (exact) mass is 503 g/mol. The Morgan fingerprint density at radius 2 is 2.16 bits per heavy atom. The number of β-lactam (4-membered cyclic amide) rings is 1. The van der Waals surface area contributed by atoms with Gasteiger partial charge in [-0.1, -0.05) is 5.16 Å². The van der Waals surface area contributed by atoms with Crippen molar-refractivity contribution in [3.8, 4) is 0 Å². The molecule has 0 bridgehead atoms. The van der Waals surface area contributed by atoms with Crippen LogP contribution in [0, 0.1) is 0 Å². The number of rotatable bonds is 9. The topological polar surface area (TPSA) is 160 Å². The number of ether oxygens (including phenoxy) is 1. The van der Waals surface area contributed by atoms with Crippen molar-refractivity contribution in [1.29, 1.82) is 0 Å². The third kappa shape index (κ3) is 4.72. The Morgan fingerprint density at radius 1 is 1.41 bits per heavy atom. The van der Waals surface area contributed by atoms with Crippen LogP contribution in [0.2, 0.25) is 0 Å². The maximum Gasteiger partial charge on any atom is 0.352 e. The van der Waals surface area contributed by atoms with Crippen LogP contribution in [0.15, 0.2) is 21.8 Å². The molecule has 3 N–H and O–H groups in total. The van der Waals surface area contributed by atoms with Gasteiger partial charge in [0, 0.05) is 18.2 Å². The number of nitrogens with one attached hydrogen (secondary N) is 2. The lowest BCUT2D eigenvalue weighted by molar-refractivity contribution is -0.150. The molecule has 1 aromatic heterocycles. The van der Waals surface area contributed by atoms with Gasteiger partial charge in [-0.15, -0.1) is 34.7 Å². The average molecular weight is 504 g/mol. The van der Waals surface area contributed by atoms with E-state index in [0.29, 0.717) is 11.3 Å². The standard InChI is InChI=1S/C17H18ClN5O7S2/c1-29-4-7-5-31-15-11(14(26)23(15)12(7)16(27)28)21-13(25)10(22-30-2)8-6-32-17(19-8)20-9(24)3-18/h6,11,15H,3-5H2,1-2H3,(H,21,25)(H,27,28)(H,19,20,24)/t11?,15-/m1/s1. The highest BCUT2D eigenvalue weighted by atomic mass is 35.5. The maximum absolute atomic E-state index is 12.8. The zero-order valence-electron chi connectivity index (χ0n) is 16.8. The average Bonchev–Trinajstić information content (AvgIpc) is 3.22. The molecular weight excluding hydrogens is 486 g/mol. The summed E-state index contributed by atoms with van der Waals surface area (Å²) < 4.78 is 5.03. The lowest BCUT2D eigenvalue weighted by atomic mass is 10.0. The van der Waals surface area contributed by atoms with Gasteiger partial charge in [-0.25, -0.2) is 9.78 Å². The molecule has 3 amide bonds. The van der Waals surface area contributed by atoms with E-state index in [-0.39, 0.29) is 34.7 Å². The molecule has 3 rings (SSSR count). The van der Waals surface area contributed by atoms with E-state index in [1.807, 2.05) is 0 Å². The zero-order valence-corrected chi connectivity index (χ0v) is 19.2. The van der Waals surface area contributed by atoms with Crippen LogP contribution in [0.3, 0.4) is 0 Å². The van der Waals surface area contributed by atoms with E-state index < -0.39 is 35.1 Å². The van der Waals surface area contributed by atoms with Crippen molar-refractivity contribution in [2.45, 2.75) is 11.4 Å². The van der Waals surface area contributed by atoms with Crippen molar-refractivity contribution in [3.05, 3.63) is 22.3 Å². The smallest absolute Gasteiger partial charge is 0.352 e. The Balaban J connectivity index is 1.75. The number of aliphatic carboxylic acids is 1. The molecule has 1 saturated heterocycles. The second kappa shape index (κ2) is 10.3. The fourth-order valence-corrected chi connectivity index (χ4v) is 5.17. The molecule has 15 heteroatoms. The number of aromatic nitrogens is 1. The lowest BCUT2D eigenvalue weighted by Crippen LogP contribution is -2.71. The number of thiazole rings is 1. The number of carbonyl (C=O) groups is 4. The number of amides is 3. The van der Waals surface area contributed by atoms with Crippen molar-refractivity contribution in [3.63, 3.8) is 0 Å². The number of halogens is 1. The SMILES string of the molecule is COCC1=C(C(=O)O)N2C(=O)C(NC(=O)C(=NOC)c3csc(NC(=O)CCl)n3)[C@H]2SC1. The molecular formula is C17H18ClN5O7S2. The number of thioether (sulfide) groups is 1. The summed E-state index contributed by atoms with van der Waals surface area (Å²) in [4.78, 5) is 58.6. The Morgan fingerprint density at radius 3 is 2.78 bits per heavy atom. The van der Waals surface area contributed by atoms with Crippen LogP contribution >= 0.6 is 34.7 Å². The molecule has 0 radical (unpaired) electrons. The zero-order chi connectivity index (χ0) is 23.4. The van der Waals surface area contributed by atoms with Crippen LogP contribution < -0.4 is 10.6 Å². The third-order valence-corrected chi connectivity index (χ3v) is 6.71. The first-order valence-corrected chi connectivity index (χ1v) is 11.4. The van der Waals surface area contributed by atoms with Gasteiger partial charge in [0.25, 0.3) is 11.8 Å². The van der Waals surface area contributed by atoms with Crippen LogP contribution in [0.4, 0.5) is 5.13 Å². The highest BCUT2D eigenvalue weighted by Crippen LogP contribution is 2.40. The molecule has 1 aromatic rings. The van der Waals surface area contributed by atoms with Gasteiger partial charge in [-0.05, 0) is 5.57 Å². The van der Waals surface area contributed by atoms with Crippen LogP contribution in [-0.4, -0.2) is 88.3 Å². The van der Waals surface area contributed by atoms with Crippen LogP contribution in [0.5, 0.6) is 0 Å². The summed E-state index contributed by atoms with van der Waals surface area (Å²) >= 11 is 7.81. The number of hydrogen-bond acceptors (Lipinski definition) is 10. The number of alkyl halides is 1. The second-order valence-electron chi connectivity index (χ2n) is 6.39. The van der Waals surface area contributed by atoms with Crippen molar-refractivity contribution >= 4 is 69.2 Å². The Kier molecular flexibility index (Phi) is 7.71. The van der Waals surface area contributed by atoms with E-state index in [9.17, 15) is 24.3 Å². The largest absolute Gasteiger partial charge is 0.477 e. The van der Waals surface area contributed by atoms with Crippen LogP contribution in [-0.2, 0) is 28.8 Å². The van der Waals surface area contributed by atoms with Gasteiger partial charge in [-0.3, -0.25) is 19.3 Å². The Bertz CT molecular complexity index is 1010. The van der Waals surface area contributed by atoms with E-state index in [4.69, 9.17) is 21.2 Å². The van der Waals surface area contributed by atoms with E-state index in [0.717, 1.165) is 16.2 Å². The molecule has 12 nitrogen and oxygen atoms in total. The first-order chi connectivity index (χ1) is 15.3. The molecule has 1 fully saturated rings. The highest BCUT2D eigenvalue weighted by Gasteiger charge is 2.54. The first-order valence-electron chi connectivity index (χ1n) is 8.95. The minimum absolute atomic E-state index is 0.0826. The van der Waals surface area contributed by atoms with E-state index in [1.54, 1.807) is 0 Å². The van der Waals surface area contributed by atoms with Gasteiger partial charge in [0.2, 0.25) is 5.91 Å². The van der Waals surface area contributed by atoms with E-state index in [2.05, 4.69) is 20.8 Å². The lowest BCUT2D eigenvalue weighted by Gasteiger charge is -2.49. The van der Waals surface area contributed by atoms with Gasteiger partial charge in [0.15, 0.2) is 10.8 Å². The molecule has 2 atom stereocenters. The van der Waals surface area contributed by atoms with E-state index >= 15 is 0 Å². The molecule has 3 heterocycles. The Labute approximate surface area is 195 Å². The number of carbonyl (C=O) groups excluding carboxylic acids is 3. The van der Waals surface area contributed by atoms with Gasteiger partial charge in [-0.2, -0.15) is 0 Å². The number of carboxylic acid groups (broad SMARTS) is 1. The van der Waals surface area contributed by atoms with Gasteiger partial charge < -0.3 is 25.3 Å². The summed E-state index contributed by atoms with van der Waals surface area (Å²) in [5.74, 6) is -2.93. The van der Waals surface area contributed by atoms with Crippen LogP contribution in [0.1, 0.15) is 5.69 Å². The molecule has 0 spiro atoms. The first kappa shape index (κ1) is 24.0. The number of hydrogen-bond donors (Lipinski definition) is 3. The number of methoxy groups -OCH3 is 1. The summed E-state index contributed by atoms with van der Waals surface area (Å²) in [5.41, 5.74) is 0.259. The minimum Gasteiger partial charge on any atom is -0.477 e. The fraction of sp³-hybridized carbons (Fsp3) is 0.412. The van der Waals surface area contributed by atoms with Gasteiger partial charge in [0.05, 0.1) is 6.61 Å². The Hall–Kier alpha value is -2.68. The molecule has 172 valence electrons. The van der Waals surface area contributed by atoms with Crippen molar-refractivity contribution < 1.29 is 33.9 Å². The van der Waals surface area contributed by atoms with Crippen molar-refractivity contribution in [2.75, 3.05) is 37.8 Å². The summed E-state index contributed by atoms with van der Waals surface area (Å²) in [6.45, 7) is 0.0826. The number of fused-ring (bicyclic) bond motifs is 1. The predicted octanol–water partition coefficient (Wildman–Crippen LogP) is 0.0559. The third-order valence-electron chi connectivity index (χ3n) is 4.37. The number of oxime groups is 1. The molecule has 2 aliphatic rings. The summed E-state index contributed by atoms with van der Waals surface area (Å²) in [6.07, 6.45) is 0. The number of carboxylic acids is 1. The summed E-state index contributed by atoms with van der Waals surface area (Å²) in [7, 11) is 2.68. The molecule has 32 heavy (non-hydrogen) atoms. The van der Waals surface area contributed by atoms with Crippen molar-refractivity contribution in [2.24, 2.45) is 5.16 Å². The van der Waals surface area contributed by atoms with Crippen molar-refractivity contribution in [1.82, 2.24) is 15.2 Å². The van der Waals surface area contributed by atoms with Gasteiger partial charge >= 0.3 is 5.97 Å².